The normalized spacial score (nSPS) is 11.1. The fraction of sp³-hybridized carbons (Fsp3) is 0.0455. The van der Waals surface area contributed by atoms with Crippen molar-refractivity contribution in [2.24, 2.45) is 0 Å². The van der Waals surface area contributed by atoms with E-state index in [0.717, 1.165) is 25.6 Å². The molecular formula is C22H14Br2FNO. The number of rotatable bonds is 5. The van der Waals surface area contributed by atoms with Crippen LogP contribution in [0.2, 0.25) is 0 Å². The van der Waals surface area contributed by atoms with Gasteiger partial charge in [0.25, 0.3) is 0 Å². The lowest BCUT2D eigenvalue weighted by atomic mass is 10.0. The molecule has 3 aromatic rings. The van der Waals surface area contributed by atoms with Crippen LogP contribution in [0.15, 0.2) is 75.7 Å². The van der Waals surface area contributed by atoms with Gasteiger partial charge in [0.15, 0.2) is 0 Å². The number of hydrogen-bond acceptors (Lipinski definition) is 2. The Labute approximate surface area is 174 Å². The van der Waals surface area contributed by atoms with Gasteiger partial charge < -0.3 is 4.74 Å². The maximum atomic E-state index is 13.4. The molecule has 0 aliphatic rings. The average molecular weight is 487 g/mol. The van der Waals surface area contributed by atoms with Crippen LogP contribution in [0, 0.1) is 17.1 Å². The zero-order valence-corrected chi connectivity index (χ0v) is 17.3. The van der Waals surface area contributed by atoms with Gasteiger partial charge in [-0.1, -0.05) is 58.4 Å². The van der Waals surface area contributed by atoms with Crippen LogP contribution in [-0.2, 0) is 6.61 Å². The second-order valence-electron chi connectivity index (χ2n) is 5.76. The molecule has 27 heavy (non-hydrogen) atoms. The summed E-state index contributed by atoms with van der Waals surface area (Å²) >= 11 is 6.99. The van der Waals surface area contributed by atoms with Crippen molar-refractivity contribution in [1.82, 2.24) is 0 Å². The van der Waals surface area contributed by atoms with Crippen molar-refractivity contribution in [3.8, 4) is 11.8 Å². The smallest absolute Gasteiger partial charge is 0.141 e. The lowest BCUT2D eigenvalue weighted by molar-refractivity contribution is 0.303. The summed E-state index contributed by atoms with van der Waals surface area (Å²) in [6.45, 7) is 0.214. The van der Waals surface area contributed by atoms with E-state index in [1.807, 2.05) is 42.5 Å². The van der Waals surface area contributed by atoms with Gasteiger partial charge in [-0.25, -0.2) is 4.39 Å². The molecule has 0 heterocycles. The van der Waals surface area contributed by atoms with E-state index in [1.165, 1.54) is 12.1 Å². The highest BCUT2D eigenvalue weighted by Gasteiger charge is 2.11. The summed E-state index contributed by atoms with van der Waals surface area (Å²) in [6, 6.07) is 21.7. The Balaban J connectivity index is 1.97. The highest BCUT2D eigenvalue weighted by atomic mass is 79.9. The summed E-state index contributed by atoms with van der Waals surface area (Å²) in [6.07, 6.45) is 1.78. The third-order valence-corrected chi connectivity index (χ3v) is 4.86. The van der Waals surface area contributed by atoms with Crippen molar-refractivity contribution >= 4 is 43.5 Å². The highest BCUT2D eigenvalue weighted by Crippen LogP contribution is 2.35. The highest BCUT2D eigenvalue weighted by molar-refractivity contribution is 9.11. The van der Waals surface area contributed by atoms with Crippen molar-refractivity contribution in [3.63, 3.8) is 0 Å². The largest absolute Gasteiger partial charge is 0.487 e. The summed E-state index contributed by atoms with van der Waals surface area (Å²) in [4.78, 5) is 0. The number of hydrogen-bond donors (Lipinski definition) is 0. The Morgan fingerprint density at radius 3 is 2.52 bits per heavy atom. The Hall–Kier alpha value is -2.42. The minimum atomic E-state index is -0.304. The van der Waals surface area contributed by atoms with Crippen molar-refractivity contribution < 1.29 is 9.13 Å². The number of halogens is 3. The van der Waals surface area contributed by atoms with Crippen LogP contribution >= 0.6 is 31.9 Å². The average Bonchev–Trinajstić information content (AvgIpc) is 2.66. The zero-order valence-electron chi connectivity index (χ0n) is 14.1. The van der Waals surface area contributed by atoms with Crippen LogP contribution in [0.1, 0.15) is 16.7 Å². The fourth-order valence-electron chi connectivity index (χ4n) is 2.58. The summed E-state index contributed by atoms with van der Waals surface area (Å²) in [5.41, 5.74) is 2.82. The molecule has 0 spiro atoms. The van der Waals surface area contributed by atoms with Gasteiger partial charge in [-0.15, -0.1) is 0 Å². The lowest BCUT2D eigenvalue weighted by Crippen LogP contribution is -1.99. The molecule has 134 valence electrons. The number of nitrogens with zero attached hydrogens (tertiary/aromatic N) is 1. The van der Waals surface area contributed by atoms with Crippen LogP contribution in [0.4, 0.5) is 4.39 Å². The molecule has 0 aliphatic carbocycles. The molecule has 0 unspecified atom stereocenters. The molecule has 0 atom stereocenters. The topological polar surface area (TPSA) is 33.0 Å². The third kappa shape index (κ3) is 5.06. The standard InChI is InChI=1S/C22H14Br2FNO/c23-19-11-17(10-18(13-26)16-6-2-1-3-7-16)22(21(24)12-19)27-14-15-5-4-8-20(25)9-15/h1-12H,14H2/b18-10+. The molecule has 0 radical (unpaired) electrons. The summed E-state index contributed by atoms with van der Waals surface area (Å²) in [5, 5.41) is 9.58. The van der Waals surface area contributed by atoms with Gasteiger partial charge in [-0.2, -0.15) is 5.26 Å². The monoisotopic (exact) mass is 485 g/mol. The van der Waals surface area contributed by atoms with Gasteiger partial charge in [-0.05, 0) is 57.4 Å². The summed E-state index contributed by atoms with van der Waals surface area (Å²) in [7, 11) is 0. The van der Waals surface area contributed by atoms with Crippen LogP contribution < -0.4 is 4.74 Å². The minimum Gasteiger partial charge on any atom is -0.487 e. The predicted molar refractivity (Wildman–Crippen MR) is 112 cm³/mol. The van der Waals surface area contributed by atoms with Crippen molar-refractivity contribution in [2.45, 2.75) is 6.61 Å². The van der Waals surface area contributed by atoms with Crippen LogP contribution in [0.3, 0.4) is 0 Å². The van der Waals surface area contributed by atoms with Gasteiger partial charge in [0.05, 0.1) is 16.1 Å². The minimum absolute atomic E-state index is 0.214. The molecule has 0 bridgehead atoms. The second-order valence-corrected chi connectivity index (χ2v) is 7.53. The molecule has 5 heteroatoms. The SMILES string of the molecule is N#C/C(=C\c1cc(Br)cc(Br)c1OCc1cccc(F)c1)c1ccccc1. The first-order valence-electron chi connectivity index (χ1n) is 8.10. The number of ether oxygens (including phenoxy) is 1. The molecule has 0 amide bonds. The maximum absolute atomic E-state index is 13.4. The van der Waals surface area contributed by atoms with Gasteiger partial charge >= 0.3 is 0 Å². The van der Waals surface area contributed by atoms with Gasteiger partial charge in [0.2, 0.25) is 0 Å². The molecule has 0 saturated carbocycles. The van der Waals surface area contributed by atoms with Crippen molar-refractivity contribution in [3.05, 3.63) is 98.2 Å². The van der Waals surface area contributed by atoms with E-state index < -0.39 is 0 Å². The molecule has 0 fully saturated rings. The van der Waals surface area contributed by atoms with E-state index in [9.17, 15) is 9.65 Å². The second kappa shape index (κ2) is 8.98. The van der Waals surface area contributed by atoms with Crippen LogP contribution in [0.5, 0.6) is 5.75 Å². The summed E-state index contributed by atoms with van der Waals surface area (Å²) < 4.78 is 20.9. The Bertz CT molecular complexity index is 1030. The Morgan fingerprint density at radius 1 is 1.04 bits per heavy atom. The number of allylic oxidation sites excluding steroid dienone is 1. The Morgan fingerprint density at radius 2 is 1.81 bits per heavy atom. The van der Waals surface area contributed by atoms with E-state index in [2.05, 4.69) is 37.9 Å². The molecule has 3 rings (SSSR count). The first-order valence-corrected chi connectivity index (χ1v) is 9.69. The van der Waals surface area contributed by atoms with Crippen LogP contribution in [-0.4, -0.2) is 0 Å². The van der Waals surface area contributed by atoms with Gasteiger partial charge in [0, 0.05) is 10.0 Å². The molecule has 0 aliphatic heterocycles. The fourth-order valence-corrected chi connectivity index (χ4v) is 3.95. The van der Waals surface area contributed by atoms with E-state index >= 15 is 0 Å². The molecule has 0 saturated heterocycles. The Kier molecular flexibility index (Phi) is 6.44. The molecule has 0 aromatic heterocycles. The quantitative estimate of drug-likeness (QED) is 0.287. The first-order chi connectivity index (χ1) is 13.1. The number of benzene rings is 3. The number of nitriles is 1. The van der Waals surface area contributed by atoms with Crippen molar-refractivity contribution in [1.29, 1.82) is 5.26 Å². The maximum Gasteiger partial charge on any atom is 0.141 e. The third-order valence-electron chi connectivity index (χ3n) is 3.81. The molecule has 0 N–H and O–H groups in total. The van der Waals surface area contributed by atoms with E-state index in [1.54, 1.807) is 18.2 Å². The van der Waals surface area contributed by atoms with Crippen LogP contribution in [0.25, 0.3) is 11.6 Å². The van der Waals surface area contributed by atoms with E-state index in [4.69, 9.17) is 4.74 Å². The van der Waals surface area contributed by atoms with E-state index in [0.29, 0.717) is 11.3 Å². The molecule has 3 aromatic carbocycles. The zero-order chi connectivity index (χ0) is 19.2. The van der Waals surface area contributed by atoms with Crippen molar-refractivity contribution in [2.75, 3.05) is 0 Å². The molecule has 2 nitrogen and oxygen atoms in total. The van der Waals surface area contributed by atoms with Gasteiger partial charge in [-0.3, -0.25) is 0 Å². The van der Waals surface area contributed by atoms with E-state index in [-0.39, 0.29) is 12.4 Å². The molecular weight excluding hydrogens is 473 g/mol. The first kappa shape index (κ1) is 19.3. The lowest BCUT2D eigenvalue weighted by Gasteiger charge is -2.13. The predicted octanol–water partition coefficient (Wildman–Crippen LogP) is 6.99. The van der Waals surface area contributed by atoms with Gasteiger partial charge in [0.1, 0.15) is 18.2 Å². The summed E-state index contributed by atoms with van der Waals surface area (Å²) in [5.74, 6) is 0.285.